The number of aromatic carboxylic acids is 1. The fraction of sp³-hybridized carbons (Fsp3) is 0.217. The van der Waals surface area contributed by atoms with Crippen LogP contribution in [-0.2, 0) is 14.4 Å². The predicted molar refractivity (Wildman–Crippen MR) is 113 cm³/mol. The summed E-state index contributed by atoms with van der Waals surface area (Å²) >= 11 is 0. The maximum atomic E-state index is 13.1. The number of carbonyl (C=O) groups is 4. The van der Waals surface area contributed by atoms with Gasteiger partial charge < -0.3 is 20.8 Å². The predicted octanol–water partition coefficient (Wildman–Crippen LogP) is 1.76. The second-order valence-electron chi connectivity index (χ2n) is 7.25. The number of rotatable bonds is 3. The summed E-state index contributed by atoms with van der Waals surface area (Å²) in [5.74, 6) is -3.62. The van der Waals surface area contributed by atoms with E-state index in [9.17, 15) is 29.4 Å². The maximum Gasteiger partial charge on any atom is 0.337 e. The molecule has 0 radical (unpaired) electrons. The zero-order valence-corrected chi connectivity index (χ0v) is 16.7. The molecule has 8 nitrogen and oxygen atoms in total. The molecule has 2 bridgehead atoms. The summed E-state index contributed by atoms with van der Waals surface area (Å²) < 4.78 is 0. The monoisotopic (exact) mass is 422 g/mol. The van der Waals surface area contributed by atoms with Gasteiger partial charge in [-0.15, -0.1) is 0 Å². The lowest BCUT2D eigenvalue weighted by atomic mass is 9.91. The number of aliphatic hydroxyl groups excluding tert-OH is 1. The van der Waals surface area contributed by atoms with Crippen LogP contribution in [0.2, 0.25) is 0 Å². The maximum absolute atomic E-state index is 13.1. The lowest BCUT2D eigenvalue weighted by molar-refractivity contribution is -0.127. The molecular formula is C23H22N2O6. The summed E-state index contributed by atoms with van der Waals surface area (Å²) in [6.07, 6.45) is 7.79. The largest absolute Gasteiger partial charge is 0.478 e. The van der Waals surface area contributed by atoms with Crippen molar-refractivity contribution in [3.05, 3.63) is 77.6 Å². The summed E-state index contributed by atoms with van der Waals surface area (Å²) in [6, 6.07) is 5.51. The third kappa shape index (κ3) is 5.04. The standard InChI is InChI=1S/C23H22N2O6/c1-13-20(27)10-4-2-3-8-18(24-17-9-6-5-7-15(17)23(30)31)16-11-14(26)12-19(21(16)28)25-22(13)29/h2-7,9-13,18,20,24,27H,8H2,1H3,(H,25,29)(H,30,31)/b3-2-,10-4-/t13-,18+,20-/m1/s1. The Morgan fingerprint density at radius 1 is 1.13 bits per heavy atom. The van der Waals surface area contributed by atoms with Crippen molar-refractivity contribution >= 4 is 29.1 Å². The number of carboxylic acids is 1. The fourth-order valence-electron chi connectivity index (χ4n) is 3.26. The van der Waals surface area contributed by atoms with Gasteiger partial charge in [0.15, 0.2) is 5.78 Å². The number of nitrogens with one attached hydrogen (secondary N) is 2. The van der Waals surface area contributed by atoms with Gasteiger partial charge in [-0.1, -0.05) is 43.4 Å². The molecule has 4 N–H and O–H groups in total. The van der Waals surface area contributed by atoms with Crippen LogP contribution < -0.4 is 10.6 Å². The summed E-state index contributed by atoms with van der Waals surface area (Å²) in [4.78, 5) is 49.3. The third-order valence-electron chi connectivity index (χ3n) is 5.06. The van der Waals surface area contributed by atoms with Crippen molar-refractivity contribution in [1.29, 1.82) is 0 Å². The fourth-order valence-corrected chi connectivity index (χ4v) is 3.26. The molecule has 1 heterocycles. The molecule has 3 atom stereocenters. The number of amides is 1. The van der Waals surface area contributed by atoms with E-state index in [1.54, 1.807) is 36.4 Å². The van der Waals surface area contributed by atoms with E-state index in [4.69, 9.17) is 0 Å². The van der Waals surface area contributed by atoms with Crippen LogP contribution in [0.1, 0.15) is 23.7 Å². The van der Waals surface area contributed by atoms with Gasteiger partial charge in [-0.05, 0) is 24.6 Å². The molecule has 1 aliphatic heterocycles. The van der Waals surface area contributed by atoms with Crippen molar-refractivity contribution in [3.8, 4) is 0 Å². The summed E-state index contributed by atoms with van der Waals surface area (Å²) in [5, 5.41) is 25.1. The molecule has 0 aromatic heterocycles. The van der Waals surface area contributed by atoms with Crippen LogP contribution in [-0.4, -0.2) is 45.8 Å². The lowest BCUT2D eigenvalue weighted by Gasteiger charge is -2.25. The molecule has 0 saturated carbocycles. The zero-order chi connectivity index (χ0) is 22.5. The third-order valence-corrected chi connectivity index (χ3v) is 5.06. The number of carboxylic acid groups (broad SMARTS) is 1. The molecule has 0 saturated heterocycles. The number of ketones is 2. The molecule has 8 heteroatoms. The van der Waals surface area contributed by atoms with Crippen molar-refractivity contribution in [2.24, 2.45) is 5.92 Å². The molecule has 0 unspecified atom stereocenters. The van der Waals surface area contributed by atoms with Crippen LogP contribution in [0.4, 0.5) is 5.69 Å². The van der Waals surface area contributed by atoms with Crippen LogP contribution in [0.5, 0.6) is 0 Å². The van der Waals surface area contributed by atoms with Gasteiger partial charge in [-0.3, -0.25) is 14.4 Å². The Morgan fingerprint density at radius 3 is 2.61 bits per heavy atom. The van der Waals surface area contributed by atoms with Gasteiger partial charge in [-0.25, -0.2) is 4.79 Å². The molecule has 0 fully saturated rings. The molecule has 1 aliphatic carbocycles. The van der Waals surface area contributed by atoms with Crippen LogP contribution in [0.3, 0.4) is 0 Å². The molecule has 31 heavy (non-hydrogen) atoms. The minimum absolute atomic E-state index is 0.0190. The van der Waals surface area contributed by atoms with Gasteiger partial charge in [0.05, 0.1) is 29.3 Å². The SMILES string of the molecule is C[C@H]1C(=O)NC2=CC(=O)C=C(C2=O)[C@@H](Nc2ccccc2C(=O)O)C/C=C\C=C/[C@H]1O. The minimum Gasteiger partial charge on any atom is -0.478 e. The van der Waals surface area contributed by atoms with E-state index in [-0.39, 0.29) is 23.3 Å². The average Bonchev–Trinajstić information content (AvgIpc) is 2.74. The summed E-state index contributed by atoms with van der Waals surface area (Å²) in [6.45, 7) is 1.51. The van der Waals surface area contributed by atoms with E-state index in [2.05, 4.69) is 10.6 Å². The molecule has 2 aliphatic rings. The average molecular weight is 422 g/mol. The smallest absolute Gasteiger partial charge is 0.337 e. The number of hydrogen-bond donors (Lipinski definition) is 4. The minimum atomic E-state index is -1.14. The number of carbonyl (C=O) groups excluding carboxylic acids is 3. The number of para-hydroxylation sites is 1. The zero-order valence-electron chi connectivity index (χ0n) is 16.7. The Labute approximate surface area is 178 Å². The Balaban J connectivity index is 2.01. The number of Topliss-reactive ketones (excluding diaryl/α,β-unsaturated/α-hetero) is 1. The first-order chi connectivity index (χ1) is 14.8. The number of allylic oxidation sites excluding steroid dienone is 5. The lowest BCUT2D eigenvalue weighted by Crippen LogP contribution is -2.40. The van der Waals surface area contributed by atoms with Gasteiger partial charge in [0.2, 0.25) is 11.7 Å². The van der Waals surface area contributed by atoms with Gasteiger partial charge in [0, 0.05) is 17.3 Å². The van der Waals surface area contributed by atoms with Gasteiger partial charge in [0.1, 0.15) is 0 Å². The van der Waals surface area contributed by atoms with E-state index in [0.29, 0.717) is 5.69 Å². The van der Waals surface area contributed by atoms with Crippen molar-refractivity contribution in [1.82, 2.24) is 5.32 Å². The van der Waals surface area contributed by atoms with Crippen LogP contribution in [0.15, 0.2) is 72.0 Å². The molecule has 1 aromatic carbocycles. The molecule has 160 valence electrons. The number of benzene rings is 1. The summed E-state index contributed by atoms with van der Waals surface area (Å²) in [5.41, 5.74) is 0.227. The van der Waals surface area contributed by atoms with Gasteiger partial charge in [0.25, 0.3) is 0 Å². The highest BCUT2D eigenvalue weighted by atomic mass is 16.4. The molecule has 3 rings (SSSR count). The number of fused-ring (bicyclic) bond motifs is 2. The summed E-state index contributed by atoms with van der Waals surface area (Å²) in [7, 11) is 0. The van der Waals surface area contributed by atoms with Gasteiger partial charge >= 0.3 is 5.97 Å². The molecular weight excluding hydrogens is 400 g/mol. The van der Waals surface area contributed by atoms with Crippen molar-refractivity contribution in [2.45, 2.75) is 25.5 Å². The Kier molecular flexibility index (Phi) is 6.61. The quantitative estimate of drug-likeness (QED) is 0.546. The van der Waals surface area contributed by atoms with Crippen molar-refractivity contribution < 1.29 is 29.4 Å². The van der Waals surface area contributed by atoms with E-state index < -0.39 is 41.5 Å². The Hall–Kier alpha value is -3.78. The van der Waals surface area contributed by atoms with Crippen LogP contribution in [0, 0.1) is 5.92 Å². The molecule has 1 amide bonds. The van der Waals surface area contributed by atoms with Crippen molar-refractivity contribution in [2.75, 3.05) is 5.32 Å². The highest BCUT2D eigenvalue weighted by molar-refractivity contribution is 6.21. The highest BCUT2D eigenvalue weighted by Crippen LogP contribution is 2.24. The molecule has 0 spiro atoms. The van der Waals surface area contributed by atoms with Crippen molar-refractivity contribution in [3.63, 3.8) is 0 Å². The normalized spacial score (nSPS) is 26.3. The van der Waals surface area contributed by atoms with E-state index >= 15 is 0 Å². The number of hydrogen-bond acceptors (Lipinski definition) is 6. The topological polar surface area (TPSA) is 133 Å². The van der Waals surface area contributed by atoms with E-state index in [1.807, 2.05) is 0 Å². The van der Waals surface area contributed by atoms with E-state index in [1.165, 1.54) is 25.1 Å². The Bertz CT molecular complexity index is 1050. The first-order valence-corrected chi connectivity index (χ1v) is 9.71. The van der Waals surface area contributed by atoms with E-state index in [0.717, 1.165) is 6.08 Å². The first kappa shape index (κ1) is 21.9. The van der Waals surface area contributed by atoms with Gasteiger partial charge in [-0.2, -0.15) is 0 Å². The second kappa shape index (κ2) is 9.36. The molecule has 1 aromatic rings. The number of anilines is 1. The van der Waals surface area contributed by atoms with Crippen LogP contribution in [0.25, 0.3) is 0 Å². The second-order valence-corrected chi connectivity index (χ2v) is 7.25. The highest BCUT2D eigenvalue weighted by Gasteiger charge is 2.31. The first-order valence-electron chi connectivity index (χ1n) is 9.71. The number of aliphatic hydroxyl groups is 1. The van der Waals surface area contributed by atoms with Crippen LogP contribution >= 0.6 is 0 Å². The Morgan fingerprint density at radius 2 is 1.87 bits per heavy atom.